The molecule has 0 saturated heterocycles. The highest BCUT2D eigenvalue weighted by Gasteiger charge is 2.13. The third-order valence-corrected chi connectivity index (χ3v) is 3.07. The zero-order valence-electron chi connectivity index (χ0n) is 12.3. The van der Waals surface area contributed by atoms with E-state index in [0.29, 0.717) is 11.3 Å². The van der Waals surface area contributed by atoms with Gasteiger partial charge in [-0.2, -0.15) is 0 Å². The van der Waals surface area contributed by atoms with Gasteiger partial charge in [-0.25, -0.2) is 4.98 Å². The molecule has 0 unspecified atom stereocenters. The van der Waals surface area contributed by atoms with Crippen molar-refractivity contribution in [2.75, 3.05) is 17.7 Å². The second kappa shape index (κ2) is 6.74. The van der Waals surface area contributed by atoms with Crippen LogP contribution in [-0.2, 0) is 12.8 Å². The largest absolute Gasteiger partial charge is 0.386 e. The molecule has 1 amide bonds. The Bertz CT molecular complexity index is 643. The molecule has 0 saturated carbocycles. The van der Waals surface area contributed by atoms with E-state index in [1.807, 2.05) is 13.8 Å². The monoisotopic (exact) mass is 286 g/mol. The Morgan fingerprint density at radius 1 is 1.19 bits per heavy atom. The summed E-state index contributed by atoms with van der Waals surface area (Å²) in [5, 5.41) is 13.6. The lowest BCUT2D eigenvalue weighted by molar-refractivity contribution is 0.102. The van der Waals surface area contributed by atoms with Gasteiger partial charge in [0, 0.05) is 13.2 Å². The summed E-state index contributed by atoms with van der Waals surface area (Å²) >= 11 is 0. The van der Waals surface area contributed by atoms with Crippen LogP contribution in [0.5, 0.6) is 0 Å². The first-order valence-electron chi connectivity index (χ1n) is 6.85. The highest BCUT2D eigenvalue weighted by Crippen LogP contribution is 2.14. The van der Waals surface area contributed by atoms with Crippen LogP contribution in [0, 0.1) is 0 Å². The van der Waals surface area contributed by atoms with Gasteiger partial charge in [-0.15, -0.1) is 10.2 Å². The fourth-order valence-corrected chi connectivity index (χ4v) is 1.95. The van der Waals surface area contributed by atoms with Crippen molar-refractivity contribution in [3.63, 3.8) is 0 Å². The van der Waals surface area contributed by atoms with Crippen LogP contribution in [-0.4, -0.2) is 33.1 Å². The van der Waals surface area contributed by atoms with Crippen LogP contribution in [0.1, 0.15) is 35.6 Å². The minimum absolute atomic E-state index is 0.216. The van der Waals surface area contributed by atoms with Gasteiger partial charge in [0.25, 0.3) is 5.91 Å². The van der Waals surface area contributed by atoms with E-state index in [1.165, 1.54) is 0 Å². The Labute approximate surface area is 123 Å². The second-order valence-corrected chi connectivity index (χ2v) is 4.36. The fourth-order valence-electron chi connectivity index (χ4n) is 1.95. The highest BCUT2D eigenvalue weighted by molar-refractivity contribution is 6.07. The molecule has 7 heteroatoms. The third-order valence-electron chi connectivity index (χ3n) is 3.07. The Hall–Kier alpha value is -2.57. The van der Waals surface area contributed by atoms with Crippen molar-refractivity contribution in [1.82, 2.24) is 20.2 Å². The number of carbonyl (C=O) groups is 1. The number of pyridine rings is 1. The molecule has 0 atom stereocenters. The molecule has 0 fully saturated rings. The summed E-state index contributed by atoms with van der Waals surface area (Å²) < 4.78 is 0. The predicted molar refractivity (Wildman–Crippen MR) is 80.3 cm³/mol. The van der Waals surface area contributed by atoms with Crippen LogP contribution in [0.25, 0.3) is 0 Å². The number of hydrogen-bond acceptors (Lipinski definition) is 6. The number of aromatic nitrogens is 4. The Morgan fingerprint density at radius 3 is 2.62 bits per heavy atom. The Morgan fingerprint density at radius 2 is 1.95 bits per heavy atom. The average Bonchev–Trinajstić information content (AvgIpc) is 2.54. The third kappa shape index (κ3) is 3.31. The molecule has 2 N–H and O–H groups in total. The quantitative estimate of drug-likeness (QED) is 0.868. The van der Waals surface area contributed by atoms with Crippen molar-refractivity contribution < 1.29 is 4.79 Å². The van der Waals surface area contributed by atoms with Crippen molar-refractivity contribution in [1.29, 1.82) is 0 Å². The van der Waals surface area contributed by atoms with Gasteiger partial charge in [0.1, 0.15) is 0 Å². The van der Waals surface area contributed by atoms with Crippen LogP contribution in [0.2, 0.25) is 0 Å². The van der Waals surface area contributed by atoms with Crippen LogP contribution in [0.4, 0.5) is 11.6 Å². The van der Waals surface area contributed by atoms with Gasteiger partial charge < -0.3 is 5.32 Å². The van der Waals surface area contributed by atoms with Gasteiger partial charge in [-0.1, -0.05) is 13.8 Å². The van der Waals surface area contributed by atoms with Gasteiger partial charge in [0.2, 0.25) is 5.95 Å². The van der Waals surface area contributed by atoms with E-state index < -0.39 is 0 Å². The number of hydrogen-bond donors (Lipinski definition) is 2. The van der Waals surface area contributed by atoms with Gasteiger partial charge in [-0.05, 0) is 18.9 Å². The molecule has 110 valence electrons. The molecule has 2 aromatic rings. The first kappa shape index (κ1) is 14.8. The first-order valence-corrected chi connectivity index (χ1v) is 6.85. The van der Waals surface area contributed by atoms with E-state index in [2.05, 4.69) is 30.8 Å². The molecule has 0 aliphatic rings. The smallest absolute Gasteiger partial charge is 0.260 e. The first-order chi connectivity index (χ1) is 10.2. The van der Waals surface area contributed by atoms with E-state index in [4.69, 9.17) is 0 Å². The summed E-state index contributed by atoms with van der Waals surface area (Å²) in [4.78, 5) is 20.6. The van der Waals surface area contributed by atoms with E-state index in [9.17, 15) is 4.79 Å². The maximum absolute atomic E-state index is 12.3. The Balaban J connectivity index is 2.23. The maximum atomic E-state index is 12.3. The second-order valence-electron chi connectivity index (χ2n) is 4.36. The molecule has 0 spiro atoms. The number of nitrogens with one attached hydrogen (secondary N) is 2. The van der Waals surface area contributed by atoms with Crippen molar-refractivity contribution in [3.05, 3.63) is 35.4 Å². The zero-order valence-corrected chi connectivity index (χ0v) is 12.3. The minimum Gasteiger partial charge on any atom is -0.386 e. The highest BCUT2D eigenvalue weighted by atomic mass is 16.1. The zero-order chi connectivity index (χ0) is 15.2. The molecule has 0 aliphatic carbocycles. The molecule has 21 heavy (non-hydrogen) atoms. The lowest BCUT2D eigenvalue weighted by atomic mass is 10.2. The normalized spacial score (nSPS) is 10.2. The molecule has 0 aliphatic heterocycles. The number of carbonyl (C=O) groups excluding carboxylic acids is 1. The summed E-state index contributed by atoms with van der Waals surface area (Å²) in [5.41, 5.74) is 2.83. The van der Waals surface area contributed by atoms with Crippen molar-refractivity contribution in [2.45, 2.75) is 26.7 Å². The molecule has 0 radical (unpaired) electrons. The lowest BCUT2D eigenvalue weighted by Crippen LogP contribution is -2.17. The molecule has 2 heterocycles. The summed E-state index contributed by atoms with van der Waals surface area (Å²) in [6.45, 7) is 4.00. The van der Waals surface area contributed by atoms with Crippen LogP contribution in [0.3, 0.4) is 0 Å². The lowest BCUT2D eigenvalue weighted by Gasteiger charge is -2.09. The number of anilines is 2. The van der Waals surface area contributed by atoms with Crippen LogP contribution >= 0.6 is 0 Å². The minimum atomic E-state index is -0.296. The van der Waals surface area contributed by atoms with E-state index in [1.54, 1.807) is 25.5 Å². The summed E-state index contributed by atoms with van der Waals surface area (Å²) in [6.07, 6.45) is 4.67. The molecular weight excluding hydrogens is 268 g/mol. The molecule has 0 aromatic carbocycles. The van der Waals surface area contributed by atoms with E-state index in [-0.39, 0.29) is 11.9 Å². The standard InChI is InChI=1S/C14H18N6O/c1-4-10-11(5-2)19-20-14(17-10)18-13(21)9-6-7-16-8-12(9)15-3/h6-8,15H,4-5H2,1-3H3,(H,17,18,20,21). The fraction of sp³-hybridized carbons (Fsp3) is 0.357. The maximum Gasteiger partial charge on any atom is 0.260 e. The summed E-state index contributed by atoms with van der Waals surface area (Å²) in [5.74, 6) is -0.0808. The average molecular weight is 286 g/mol. The van der Waals surface area contributed by atoms with Crippen molar-refractivity contribution in [2.24, 2.45) is 0 Å². The van der Waals surface area contributed by atoms with Crippen molar-refractivity contribution >= 4 is 17.5 Å². The van der Waals surface area contributed by atoms with E-state index >= 15 is 0 Å². The van der Waals surface area contributed by atoms with Crippen LogP contribution in [0.15, 0.2) is 18.5 Å². The van der Waals surface area contributed by atoms with Gasteiger partial charge in [-0.3, -0.25) is 15.1 Å². The molecule has 7 nitrogen and oxygen atoms in total. The number of rotatable bonds is 5. The SMILES string of the molecule is CCc1nnc(NC(=O)c2ccncc2NC)nc1CC. The Kier molecular flexibility index (Phi) is 4.76. The summed E-state index contributed by atoms with van der Waals surface area (Å²) in [7, 11) is 1.73. The van der Waals surface area contributed by atoms with Crippen molar-refractivity contribution in [3.8, 4) is 0 Å². The van der Waals surface area contributed by atoms with Gasteiger partial charge in [0.15, 0.2) is 0 Å². The van der Waals surface area contributed by atoms with Gasteiger partial charge >= 0.3 is 0 Å². The van der Waals surface area contributed by atoms with E-state index in [0.717, 1.165) is 24.2 Å². The van der Waals surface area contributed by atoms with Gasteiger partial charge in [0.05, 0.1) is 28.8 Å². The summed E-state index contributed by atoms with van der Waals surface area (Å²) in [6, 6.07) is 1.63. The molecular formula is C14H18N6O. The molecule has 2 aromatic heterocycles. The topological polar surface area (TPSA) is 92.7 Å². The number of amides is 1. The number of nitrogens with zero attached hydrogens (tertiary/aromatic N) is 4. The predicted octanol–water partition coefficient (Wildman–Crippen LogP) is 1.69. The molecule has 2 rings (SSSR count). The molecule has 0 bridgehead atoms. The number of aryl methyl sites for hydroxylation is 2. The van der Waals surface area contributed by atoms with Crippen LogP contribution < -0.4 is 10.6 Å².